The first-order chi connectivity index (χ1) is 15.0. The van der Waals surface area contributed by atoms with Crippen molar-refractivity contribution in [3.05, 3.63) is 77.9 Å². The van der Waals surface area contributed by atoms with Crippen molar-refractivity contribution in [1.29, 1.82) is 0 Å². The van der Waals surface area contributed by atoms with Gasteiger partial charge in [-0.1, -0.05) is 0 Å². The zero-order chi connectivity index (χ0) is 21.8. The van der Waals surface area contributed by atoms with Gasteiger partial charge in [0.25, 0.3) is 5.91 Å². The number of aromatic nitrogens is 3. The van der Waals surface area contributed by atoms with Crippen molar-refractivity contribution in [2.45, 2.75) is 6.61 Å². The minimum absolute atomic E-state index is 0.0724. The fraction of sp³-hybridized carbons (Fsp3) is 0.136. The van der Waals surface area contributed by atoms with Crippen molar-refractivity contribution in [3.63, 3.8) is 0 Å². The average molecular weight is 421 g/mol. The molecule has 0 spiro atoms. The van der Waals surface area contributed by atoms with Gasteiger partial charge in [-0.05, 0) is 48.5 Å². The lowest BCUT2D eigenvalue weighted by Gasteiger charge is -2.14. The highest BCUT2D eigenvalue weighted by Gasteiger charge is 2.13. The maximum atomic E-state index is 13.6. The van der Waals surface area contributed by atoms with Crippen LogP contribution in [-0.4, -0.2) is 38.9 Å². The van der Waals surface area contributed by atoms with E-state index in [1.807, 2.05) is 0 Å². The number of nitrogens with two attached hydrogens (primary N) is 1. The largest absolute Gasteiger partial charge is 0.485 e. The van der Waals surface area contributed by atoms with Crippen molar-refractivity contribution in [1.82, 2.24) is 20.1 Å². The van der Waals surface area contributed by atoms with E-state index in [0.29, 0.717) is 27.8 Å². The zero-order valence-electron chi connectivity index (χ0n) is 16.5. The molecule has 0 radical (unpaired) electrons. The SMILES string of the molecule is Nc1nc2ccc(F)cc2cc1OCc1cc(C(=O)NCCO)ccc1-n1cccn1. The summed E-state index contributed by atoms with van der Waals surface area (Å²) in [7, 11) is 0. The van der Waals surface area contributed by atoms with Gasteiger partial charge < -0.3 is 20.9 Å². The van der Waals surface area contributed by atoms with Gasteiger partial charge in [0.15, 0.2) is 11.6 Å². The number of ether oxygens (including phenoxy) is 1. The van der Waals surface area contributed by atoms with E-state index in [1.165, 1.54) is 12.1 Å². The summed E-state index contributed by atoms with van der Waals surface area (Å²) in [5.74, 6) is -0.214. The van der Waals surface area contributed by atoms with Gasteiger partial charge in [-0.25, -0.2) is 14.1 Å². The Morgan fingerprint density at radius 2 is 2.10 bits per heavy atom. The summed E-state index contributed by atoms with van der Waals surface area (Å²) < 4.78 is 21.1. The molecular formula is C22H20FN5O3. The molecule has 0 saturated heterocycles. The van der Waals surface area contributed by atoms with E-state index in [-0.39, 0.29) is 37.3 Å². The first-order valence-corrected chi connectivity index (χ1v) is 9.56. The highest BCUT2D eigenvalue weighted by atomic mass is 19.1. The highest BCUT2D eigenvalue weighted by Crippen LogP contribution is 2.27. The molecule has 0 atom stereocenters. The van der Waals surface area contributed by atoms with E-state index in [4.69, 9.17) is 15.6 Å². The molecule has 0 aliphatic rings. The summed E-state index contributed by atoms with van der Waals surface area (Å²) in [5, 5.41) is 16.4. The van der Waals surface area contributed by atoms with Gasteiger partial charge >= 0.3 is 0 Å². The number of amides is 1. The van der Waals surface area contributed by atoms with E-state index >= 15 is 0 Å². The number of anilines is 1. The normalized spacial score (nSPS) is 10.9. The minimum atomic E-state index is -0.382. The van der Waals surface area contributed by atoms with E-state index in [1.54, 1.807) is 53.5 Å². The van der Waals surface area contributed by atoms with Gasteiger partial charge in [0.1, 0.15) is 12.4 Å². The molecule has 4 N–H and O–H groups in total. The third kappa shape index (κ3) is 4.46. The van der Waals surface area contributed by atoms with Crippen molar-refractivity contribution in [3.8, 4) is 11.4 Å². The quantitative estimate of drug-likeness (QED) is 0.422. The molecule has 2 aromatic heterocycles. The number of aliphatic hydroxyl groups excluding tert-OH is 1. The third-order valence-electron chi connectivity index (χ3n) is 4.64. The van der Waals surface area contributed by atoms with Gasteiger partial charge in [-0.3, -0.25) is 4.79 Å². The molecule has 0 bridgehead atoms. The zero-order valence-corrected chi connectivity index (χ0v) is 16.5. The Morgan fingerprint density at radius 3 is 2.87 bits per heavy atom. The number of hydrogen-bond donors (Lipinski definition) is 3. The first-order valence-electron chi connectivity index (χ1n) is 9.56. The molecule has 0 saturated carbocycles. The molecule has 1 amide bonds. The summed E-state index contributed by atoms with van der Waals surface area (Å²) in [5.41, 5.74) is 8.40. The maximum absolute atomic E-state index is 13.6. The van der Waals surface area contributed by atoms with Crippen LogP contribution in [0.5, 0.6) is 5.75 Å². The number of benzene rings is 2. The van der Waals surface area contributed by atoms with Crippen molar-refractivity contribution in [2.75, 3.05) is 18.9 Å². The maximum Gasteiger partial charge on any atom is 0.251 e. The number of aliphatic hydroxyl groups is 1. The molecule has 2 aromatic carbocycles. The number of nitrogens with zero attached hydrogens (tertiary/aromatic N) is 3. The Kier molecular flexibility index (Phi) is 5.76. The summed E-state index contributed by atoms with van der Waals surface area (Å²) in [6, 6.07) is 12.8. The number of hydrogen-bond acceptors (Lipinski definition) is 6. The Labute approximate surface area is 177 Å². The summed E-state index contributed by atoms with van der Waals surface area (Å²) >= 11 is 0. The molecule has 8 nitrogen and oxygen atoms in total. The monoisotopic (exact) mass is 421 g/mol. The Balaban J connectivity index is 1.65. The number of fused-ring (bicyclic) bond motifs is 1. The second kappa shape index (κ2) is 8.80. The third-order valence-corrected chi connectivity index (χ3v) is 4.64. The summed E-state index contributed by atoms with van der Waals surface area (Å²) in [6.45, 7) is 0.0757. The number of nitrogens with one attached hydrogen (secondary N) is 1. The first kappa shape index (κ1) is 20.3. The Bertz CT molecular complexity index is 1230. The van der Waals surface area contributed by atoms with Gasteiger partial charge in [-0.15, -0.1) is 0 Å². The molecule has 4 aromatic rings. The molecule has 31 heavy (non-hydrogen) atoms. The number of nitrogen functional groups attached to an aromatic ring is 1. The van der Waals surface area contributed by atoms with E-state index in [9.17, 15) is 9.18 Å². The molecule has 0 fully saturated rings. The number of halogens is 1. The van der Waals surface area contributed by atoms with Crippen LogP contribution in [0.4, 0.5) is 10.2 Å². The molecule has 4 rings (SSSR count). The van der Waals surface area contributed by atoms with Crippen LogP contribution in [0, 0.1) is 5.82 Å². The van der Waals surface area contributed by atoms with Gasteiger partial charge in [0.05, 0.1) is 17.8 Å². The second-order valence-electron chi connectivity index (χ2n) is 6.77. The van der Waals surface area contributed by atoms with Crippen LogP contribution >= 0.6 is 0 Å². The fourth-order valence-electron chi connectivity index (χ4n) is 3.16. The summed E-state index contributed by atoms with van der Waals surface area (Å²) in [6.07, 6.45) is 3.42. The van der Waals surface area contributed by atoms with Crippen molar-refractivity contribution in [2.24, 2.45) is 0 Å². The topological polar surface area (TPSA) is 115 Å². The van der Waals surface area contributed by atoms with Crippen LogP contribution < -0.4 is 15.8 Å². The second-order valence-corrected chi connectivity index (χ2v) is 6.77. The van der Waals surface area contributed by atoms with E-state index in [0.717, 1.165) is 5.69 Å². The number of rotatable bonds is 7. The van der Waals surface area contributed by atoms with Crippen LogP contribution in [0.3, 0.4) is 0 Å². The van der Waals surface area contributed by atoms with Crippen LogP contribution in [0.25, 0.3) is 16.6 Å². The van der Waals surface area contributed by atoms with Gasteiger partial charge in [0.2, 0.25) is 0 Å². The molecule has 9 heteroatoms. The van der Waals surface area contributed by atoms with Crippen LogP contribution in [0.1, 0.15) is 15.9 Å². The molecule has 2 heterocycles. The lowest BCUT2D eigenvalue weighted by Crippen LogP contribution is -2.26. The molecule has 158 valence electrons. The standard InChI is InChI=1S/C22H20FN5O3/c23-17-3-4-18-15(11-17)12-20(21(24)27-18)31-13-16-10-14(22(30)25-7-9-29)2-5-19(16)28-8-1-6-26-28/h1-6,8,10-12,29H,7,9,13H2,(H2,24,27)(H,25,30). The van der Waals surface area contributed by atoms with E-state index < -0.39 is 0 Å². The predicted octanol–water partition coefficient (Wildman–Crippen LogP) is 2.44. The van der Waals surface area contributed by atoms with Gasteiger partial charge in [0, 0.05) is 35.5 Å². The van der Waals surface area contributed by atoms with Crippen LogP contribution in [0.15, 0.2) is 60.9 Å². The predicted molar refractivity (Wildman–Crippen MR) is 113 cm³/mol. The molecular weight excluding hydrogens is 401 g/mol. The molecule has 0 aliphatic carbocycles. The Hall–Kier alpha value is -3.98. The lowest BCUT2D eigenvalue weighted by molar-refractivity contribution is 0.0944. The molecule has 0 unspecified atom stereocenters. The number of carbonyl (C=O) groups excluding carboxylic acids is 1. The minimum Gasteiger partial charge on any atom is -0.485 e. The number of carbonyl (C=O) groups is 1. The lowest BCUT2D eigenvalue weighted by atomic mass is 10.1. The summed E-state index contributed by atoms with van der Waals surface area (Å²) in [4.78, 5) is 16.6. The average Bonchev–Trinajstić information content (AvgIpc) is 3.31. The highest BCUT2D eigenvalue weighted by molar-refractivity contribution is 5.94. The van der Waals surface area contributed by atoms with Crippen LogP contribution in [0.2, 0.25) is 0 Å². The molecule has 0 aliphatic heterocycles. The van der Waals surface area contributed by atoms with Crippen LogP contribution in [-0.2, 0) is 6.61 Å². The smallest absolute Gasteiger partial charge is 0.251 e. The van der Waals surface area contributed by atoms with Crippen molar-refractivity contribution < 1.29 is 19.0 Å². The fourth-order valence-corrected chi connectivity index (χ4v) is 3.16. The van der Waals surface area contributed by atoms with Gasteiger partial charge in [-0.2, -0.15) is 5.10 Å². The van der Waals surface area contributed by atoms with Crippen molar-refractivity contribution >= 4 is 22.6 Å². The Morgan fingerprint density at radius 1 is 1.23 bits per heavy atom. The number of pyridine rings is 1. The van der Waals surface area contributed by atoms with E-state index in [2.05, 4.69) is 15.4 Å².